The molecule has 0 atom stereocenters. The van der Waals surface area contributed by atoms with Crippen LogP contribution < -0.4 is 10.9 Å². The molecular weight excluding hydrogens is 310 g/mol. The number of carbonyl (C=O) groups is 2. The summed E-state index contributed by atoms with van der Waals surface area (Å²) in [4.78, 5) is 25.4. The molecule has 1 aliphatic heterocycles. The van der Waals surface area contributed by atoms with Gasteiger partial charge in [-0.15, -0.1) is 0 Å². The number of nitrogens with two attached hydrogens (primary N) is 2. The van der Waals surface area contributed by atoms with E-state index in [1.807, 2.05) is 0 Å². The first-order valence-corrected chi connectivity index (χ1v) is 8.38. The summed E-state index contributed by atoms with van der Waals surface area (Å²) in [5.41, 5.74) is 6.17. The van der Waals surface area contributed by atoms with Crippen LogP contribution in [0.1, 0.15) is 39.4 Å². The highest BCUT2D eigenvalue weighted by Crippen LogP contribution is 2.43. The van der Waals surface area contributed by atoms with Gasteiger partial charge in [-0.25, -0.2) is 13.6 Å². The van der Waals surface area contributed by atoms with Gasteiger partial charge in [0.25, 0.3) is 11.8 Å². The van der Waals surface area contributed by atoms with Gasteiger partial charge in [0, 0.05) is 25.7 Å². The maximum atomic E-state index is 12.6. The number of aromatic nitrogens is 2. The third-order valence-corrected chi connectivity index (χ3v) is 6.13. The van der Waals surface area contributed by atoms with Gasteiger partial charge in [0.2, 0.25) is 10.0 Å². The Morgan fingerprint density at radius 3 is 2.55 bits per heavy atom. The molecule has 0 unspecified atom stereocenters. The van der Waals surface area contributed by atoms with Crippen LogP contribution in [0.4, 0.5) is 0 Å². The molecule has 0 saturated heterocycles. The highest BCUT2D eigenvalue weighted by atomic mass is 32.2. The number of nitrogens with zero attached hydrogens (tertiary/aromatic N) is 3. The van der Waals surface area contributed by atoms with Gasteiger partial charge in [-0.1, -0.05) is 0 Å². The Hall–Kier alpha value is -1.94. The third-order valence-electron chi connectivity index (χ3n) is 4.39. The van der Waals surface area contributed by atoms with Gasteiger partial charge in [-0.3, -0.25) is 14.3 Å². The Kier molecular flexibility index (Phi) is 3.08. The van der Waals surface area contributed by atoms with Gasteiger partial charge >= 0.3 is 0 Å². The molecule has 9 nitrogen and oxygen atoms in total. The minimum atomic E-state index is -3.70. The van der Waals surface area contributed by atoms with Crippen LogP contribution in [-0.2, 0) is 23.5 Å². The van der Waals surface area contributed by atoms with E-state index in [4.69, 9.17) is 10.9 Å². The quantitative estimate of drug-likeness (QED) is 0.680. The number of rotatable bonds is 4. The second-order valence-corrected chi connectivity index (χ2v) is 7.82. The molecule has 22 heavy (non-hydrogen) atoms. The van der Waals surface area contributed by atoms with Crippen LogP contribution >= 0.6 is 0 Å². The zero-order valence-corrected chi connectivity index (χ0v) is 12.9. The molecule has 1 aliphatic carbocycles. The molecule has 1 fully saturated rings. The van der Waals surface area contributed by atoms with Crippen molar-refractivity contribution >= 4 is 21.8 Å². The summed E-state index contributed by atoms with van der Waals surface area (Å²) in [6, 6.07) is 0. The number of fused-ring (bicyclic) bond motifs is 1. The Morgan fingerprint density at radius 2 is 2.05 bits per heavy atom. The number of aryl methyl sites for hydroxylation is 1. The van der Waals surface area contributed by atoms with Crippen molar-refractivity contribution in [1.82, 2.24) is 14.7 Å². The molecule has 0 aromatic carbocycles. The van der Waals surface area contributed by atoms with Crippen LogP contribution in [0.2, 0.25) is 0 Å². The summed E-state index contributed by atoms with van der Waals surface area (Å²) in [6.07, 6.45) is 1.33. The van der Waals surface area contributed by atoms with E-state index in [2.05, 4.69) is 5.10 Å². The molecule has 0 spiro atoms. The maximum absolute atomic E-state index is 12.6. The molecule has 10 heteroatoms. The van der Waals surface area contributed by atoms with Gasteiger partial charge < -0.3 is 10.6 Å². The van der Waals surface area contributed by atoms with Crippen molar-refractivity contribution in [3.63, 3.8) is 0 Å². The van der Waals surface area contributed by atoms with Crippen LogP contribution in [0.3, 0.4) is 0 Å². The van der Waals surface area contributed by atoms with Crippen molar-refractivity contribution in [3.8, 4) is 0 Å². The number of primary sulfonamides is 1. The standard InChI is InChI=1S/C12H17N5O4S/c1-16-9-7(8(15-16)10(13)18)2-5-17(11(9)19)6-12(3-4-12)22(14,20)21/h2-6H2,1H3,(H2,13,18)(H2,14,20,21). The van der Waals surface area contributed by atoms with E-state index in [0.29, 0.717) is 31.4 Å². The lowest BCUT2D eigenvalue weighted by Crippen LogP contribution is -2.47. The third kappa shape index (κ3) is 2.10. The molecule has 2 amide bonds. The van der Waals surface area contributed by atoms with Crippen LogP contribution in [0.15, 0.2) is 0 Å². The van der Waals surface area contributed by atoms with Gasteiger partial charge in [0.05, 0.1) is 0 Å². The van der Waals surface area contributed by atoms with Gasteiger partial charge in [0.1, 0.15) is 10.4 Å². The Balaban J connectivity index is 1.91. The average molecular weight is 327 g/mol. The largest absolute Gasteiger partial charge is 0.364 e. The average Bonchev–Trinajstić information content (AvgIpc) is 3.11. The molecule has 3 rings (SSSR count). The molecule has 0 radical (unpaired) electrons. The van der Waals surface area contributed by atoms with Crippen molar-refractivity contribution in [2.45, 2.75) is 24.0 Å². The molecule has 2 aliphatic rings. The lowest BCUT2D eigenvalue weighted by Gasteiger charge is -2.30. The topological polar surface area (TPSA) is 141 Å². The van der Waals surface area contributed by atoms with Crippen LogP contribution in [-0.4, -0.2) is 52.7 Å². The number of amides is 2. The number of primary amides is 1. The molecule has 4 N–H and O–H groups in total. The smallest absolute Gasteiger partial charge is 0.272 e. The number of sulfonamides is 1. The van der Waals surface area contributed by atoms with E-state index < -0.39 is 20.7 Å². The summed E-state index contributed by atoms with van der Waals surface area (Å²) in [5, 5.41) is 9.25. The zero-order chi connectivity index (χ0) is 16.3. The second kappa shape index (κ2) is 4.53. The highest BCUT2D eigenvalue weighted by molar-refractivity contribution is 7.90. The number of hydrogen-bond acceptors (Lipinski definition) is 5. The first-order valence-electron chi connectivity index (χ1n) is 6.83. The highest BCUT2D eigenvalue weighted by Gasteiger charge is 2.55. The Labute approximate surface area is 127 Å². The van der Waals surface area contributed by atoms with E-state index in [1.165, 1.54) is 9.58 Å². The fourth-order valence-corrected chi connectivity index (χ4v) is 3.95. The monoisotopic (exact) mass is 327 g/mol. The fraction of sp³-hybridized carbons (Fsp3) is 0.583. The molecule has 1 saturated carbocycles. The molecule has 120 valence electrons. The van der Waals surface area contributed by atoms with Crippen LogP contribution in [0.5, 0.6) is 0 Å². The van der Waals surface area contributed by atoms with Gasteiger partial charge in [0.15, 0.2) is 5.69 Å². The van der Waals surface area contributed by atoms with Gasteiger partial charge in [-0.2, -0.15) is 5.10 Å². The predicted octanol–water partition coefficient (Wildman–Crippen LogP) is -1.66. The SMILES string of the molecule is Cn1nc(C(N)=O)c2c1C(=O)N(CC1(S(N)(=O)=O)CC1)CC2. The van der Waals surface area contributed by atoms with Crippen molar-refractivity contribution in [3.05, 3.63) is 17.0 Å². The summed E-state index contributed by atoms with van der Waals surface area (Å²) in [7, 11) is -2.15. The van der Waals surface area contributed by atoms with E-state index in [1.54, 1.807) is 7.05 Å². The first-order chi connectivity index (χ1) is 10.2. The molecule has 1 aromatic rings. The Bertz CT molecular complexity index is 778. The van der Waals surface area contributed by atoms with Crippen molar-refractivity contribution < 1.29 is 18.0 Å². The second-order valence-electron chi connectivity index (χ2n) is 5.87. The minimum absolute atomic E-state index is 0.0706. The molecule has 0 bridgehead atoms. The van der Waals surface area contributed by atoms with E-state index >= 15 is 0 Å². The van der Waals surface area contributed by atoms with Crippen molar-refractivity contribution in [2.24, 2.45) is 17.9 Å². The Morgan fingerprint density at radius 1 is 1.41 bits per heavy atom. The normalized spacial score (nSPS) is 19.9. The molecule has 2 heterocycles. The minimum Gasteiger partial charge on any atom is -0.364 e. The number of hydrogen-bond donors (Lipinski definition) is 2. The van der Waals surface area contributed by atoms with Crippen molar-refractivity contribution in [1.29, 1.82) is 0 Å². The van der Waals surface area contributed by atoms with E-state index in [0.717, 1.165) is 0 Å². The lowest BCUT2D eigenvalue weighted by atomic mass is 10.0. The van der Waals surface area contributed by atoms with E-state index in [9.17, 15) is 18.0 Å². The summed E-state index contributed by atoms with van der Waals surface area (Å²) in [5.74, 6) is -1.03. The van der Waals surface area contributed by atoms with Crippen LogP contribution in [0.25, 0.3) is 0 Å². The van der Waals surface area contributed by atoms with Gasteiger partial charge in [-0.05, 0) is 19.3 Å². The predicted molar refractivity (Wildman–Crippen MR) is 76.4 cm³/mol. The molecular formula is C12H17N5O4S. The van der Waals surface area contributed by atoms with Crippen LogP contribution in [0, 0.1) is 0 Å². The first kappa shape index (κ1) is 15.0. The fourth-order valence-electron chi connectivity index (χ4n) is 2.94. The summed E-state index contributed by atoms with van der Waals surface area (Å²) >= 11 is 0. The molecule has 1 aromatic heterocycles. The zero-order valence-electron chi connectivity index (χ0n) is 12.1. The lowest BCUT2D eigenvalue weighted by molar-refractivity contribution is 0.0724. The van der Waals surface area contributed by atoms with E-state index in [-0.39, 0.29) is 23.8 Å². The maximum Gasteiger partial charge on any atom is 0.272 e. The number of carbonyl (C=O) groups excluding carboxylic acids is 2. The van der Waals surface area contributed by atoms with Crippen molar-refractivity contribution in [2.75, 3.05) is 13.1 Å². The summed E-state index contributed by atoms with van der Waals surface area (Å²) < 4.78 is 23.6. The summed E-state index contributed by atoms with van der Waals surface area (Å²) in [6.45, 7) is 0.385.